The minimum atomic E-state index is -0.421. The zero-order valence-corrected chi connectivity index (χ0v) is 19.7. The lowest BCUT2D eigenvalue weighted by Crippen LogP contribution is -2.41. The van der Waals surface area contributed by atoms with Gasteiger partial charge in [0.25, 0.3) is 5.69 Å². The Labute approximate surface area is 199 Å². The fourth-order valence-electron chi connectivity index (χ4n) is 4.77. The number of nitro benzene ring substituents is 1. The Morgan fingerprint density at radius 3 is 2.50 bits per heavy atom. The Bertz CT molecular complexity index is 1050. The first-order chi connectivity index (χ1) is 16.5. The van der Waals surface area contributed by atoms with Crippen LogP contribution in [0.4, 0.5) is 5.69 Å². The van der Waals surface area contributed by atoms with Gasteiger partial charge in [0.15, 0.2) is 11.5 Å². The quantitative estimate of drug-likeness (QED) is 0.290. The Morgan fingerprint density at radius 1 is 1.15 bits per heavy atom. The normalized spacial score (nSPS) is 20.6. The lowest BCUT2D eigenvalue weighted by atomic mass is 9.87. The minimum absolute atomic E-state index is 0.0394. The van der Waals surface area contributed by atoms with Crippen LogP contribution in [0.1, 0.15) is 56.6 Å². The summed E-state index contributed by atoms with van der Waals surface area (Å²) in [5, 5.41) is 17.7. The van der Waals surface area contributed by atoms with Gasteiger partial charge in [0, 0.05) is 23.6 Å². The van der Waals surface area contributed by atoms with Crippen LogP contribution in [0.15, 0.2) is 47.6 Å². The first-order valence-corrected chi connectivity index (χ1v) is 11.9. The third kappa shape index (κ3) is 5.21. The molecule has 0 amide bonds. The number of non-ortho nitro benzene ring substituents is 1. The first-order valence-electron chi connectivity index (χ1n) is 11.9. The van der Waals surface area contributed by atoms with E-state index < -0.39 is 4.92 Å². The summed E-state index contributed by atoms with van der Waals surface area (Å²) in [4.78, 5) is 22.4. The van der Waals surface area contributed by atoms with Gasteiger partial charge in [-0.1, -0.05) is 19.1 Å². The van der Waals surface area contributed by atoms with Crippen molar-refractivity contribution in [2.45, 2.75) is 64.1 Å². The van der Waals surface area contributed by atoms with Gasteiger partial charge in [-0.25, -0.2) is 0 Å². The second-order valence-electron chi connectivity index (χ2n) is 8.94. The molecule has 2 atom stereocenters. The molecule has 4 rings (SSSR count). The maximum absolute atomic E-state index is 11.9. The third-order valence-electron chi connectivity index (χ3n) is 6.73. The summed E-state index contributed by atoms with van der Waals surface area (Å²) in [6, 6.07) is 11.9. The average Bonchev–Trinajstić information content (AvgIpc) is 3.37. The number of carbonyl (C=O) groups excluding carboxylic acids is 1. The predicted molar refractivity (Wildman–Crippen MR) is 129 cm³/mol. The van der Waals surface area contributed by atoms with Crippen molar-refractivity contribution in [1.29, 1.82) is 0 Å². The van der Waals surface area contributed by atoms with Gasteiger partial charge in [0.05, 0.1) is 30.4 Å². The Hall–Kier alpha value is -3.42. The van der Waals surface area contributed by atoms with Gasteiger partial charge in [0.2, 0.25) is 0 Å². The highest BCUT2D eigenvalue weighted by Gasteiger charge is 2.31. The summed E-state index contributed by atoms with van der Waals surface area (Å²) in [6.07, 6.45) is 7.14. The molecule has 180 valence electrons. The molecule has 8 nitrogen and oxygen atoms in total. The molecular formula is C26H31N3O5. The van der Waals surface area contributed by atoms with E-state index in [2.05, 4.69) is 6.92 Å². The molecular weight excluding hydrogens is 434 g/mol. The van der Waals surface area contributed by atoms with Gasteiger partial charge in [-0.05, 0) is 62.3 Å². The zero-order valence-electron chi connectivity index (χ0n) is 19.7. The van der Waals surface area contributed by atoms with Crippen LogP contribution in [-0.2, 0) is 11.3 Å². The van der Waals surface area contributed by atoms with E-state index in [0.29, 0.717) is 18.7 Å². The topological polar surface area (TPSA) is 94.3 Å². The van der Waals surface area contributed by atoms with Crippen molar-refractivity contribution < 1.29 is 19.2 Å². The molecule has 1 aliphatic carbocycles. The monoisotopic (exact) mass is 465 g/mol. The van der Waals surface area contributed by atoms with Gasteiger partial charge in [-0.15, -0.1) is 0 Å². The fourth-order valence-corrected chi connectivity index (χ4v) is 4.77. The summed E-state index contributed by atoms with van der Waals surface area (Å²) < 4.78 is 11.8. The molecule has 2 aliphatic rings. The Morgan fingerprint density at radius 2 is 1.88 bits per heavy atom. The van der Waals surface area contributed by atoms with Crippen molar-refractivity contribution in [1.82, 2.24) is 5.01 Å². The summed E-state index contributed by atoms with van der Waals surface area (Å²) in [6.45, 7) is 2.50. The predicted octanol–water partition coefficient (Wildman–Crippen LogP) is 5.13. The van der Waals surface area contributed by atoms with E-state index >= 15 is 0 Å². The highest BCUT2D eigenvalue weighted by molar-refractivity contribution is 6.03. The minimum Gasteiger partial charge on any atom is -0.493 e. The largest absolute Gasteiger partial charge is 0.493 e. The highest BCUT2D eigenvalue weighted by Crippen LogP contribution is 2.35. The SMILES string of the molecule is CCC1CC(C=O)N(Cc2ccc([N+](=O)[O-])cc2)N=C1c1ccc(OC)c(OC2CCCC2)c1. The van der Waals surface area contributed by atoms with Crippen LogP contribution in [0.2, 0.25) is 0 Å². The number of hydrogen-bond donors (Lipinski definition) is 0. The van der Waals surface area contributed by atoms with E-state index in [9.17, 15) is 14.9 Å². The molecule has 1 saturated carbocycles. The van der Waals surface area contributed by atoms with E-state index in [1.54, 1.807) is 24.3 Å². The number of hydrogen-bond acceptors (Lipinski definition) is 7. The van der Waals surface area contributed by atoms with Gasteiger partial charge < -0.3 is 14.3 Å². The summed E-state index contributed by atoms with van der Waals surface area (Å²) >= 11 is 0. The number of benzene rings is 2. The molecule has 0 spiro atoms. The Balaban J connectivity index is 1.64. The smallest absolute Gasteiger partial charge is 0.269 e. The molecule has 2 aromatic carbocycles. The van der Waals surface area contributed by atoms with E-state index in [1.807, 2.05) is 18.2 Å². The average molecular weight is 466 g/mol. The lowest BCUT2D eigenvalue weighted by molar-refractivity contribution is -0.384. The molecule has 0 N–H and O–H groups in total. The van der Waals surface area contributed by atoms with Crippen molar-refractivity contribution in [3.63, 3.8) is 0 Å². The van der Waals surface area contributed by atoms with Crippen LogP contribution in [0.3, 0.4) is 0 Å². The first kappa shape index (κ1) is 23.7. The van der Waals surface area contributed by atoms with Crippen molar-refractivity contribution in [3.05, 3.63) is 63.7 Å². The van der Waals surface area contributed by atoms with E-state index in [4.69, 9.17) is 14.6 Å². The van der Waals surface area contributed by atoms with Crippen LogP contribution in [0, 0.1) is 16.0 Å². The molecule has 8 heteroatoms. The van der Waals surface area contributed by atoms with Crippen LogP contribution < -0.4 is 9.47 Å². The van der Waals surface area contributed by atoms with Crippen LogP contribution >= 0.6 is 0 Å². The molecule has 2 unspecified atom stereocenters. The van der Waals surface area contributed by atoms with Crippen molar-refractivity contribution in [3.8, 4) is 11.5 Å². The highest BCUT2D eigenvalue weighted by atomic mass is 16.6. The van der Waals surface area contributed by atoms with Crippen LogP contribution in [0.5, 0.6) is 11.5 Å². The number of carbonyl (C=O) groups is 1. The molecule has 0 bridgehead atoms. The van der Waals surface area contributed by atoms with Gasteiger partial charge in [-0.3, -0.25) is 15.1 Å². The maximum atomic E-state index is 11.9. The van der Waals surface area contributed by atoms with Crippen molar-refractivity contribution in [2.24, 2.45) is 11.0 Å². The third-order valence-corrected chi connectivity index (χ3v) is 6.73. The standard InChI is InChI=1S/C26H31N3O5/c1-3-19-14-22(17-30)28(16-18-8-11-21(12-9-18)29(31)32)27-26(19)20-10-13-24(33-2)25(15-20)34-23-6-4-5-7-23/h8-13,15,17,19,22-23H,3-7,14,16H2,1-2H3. The number of ether oxygens (including phenoxy) is 2. The summed E-state index contributed by atoms with van der Waals surface area (Å²) in [5.41, 5.74) is 2.77. The molecule has 1 heterocycles. The number of aldehydes is 1. The molecule has 1 aliphatic heterocycles. The maximum Gasteiger partial charge on any atom is 0.269 e. The van der Waals surface area contributed by atoms with Crippen LogP contribution in [-0.4, -0.2) is 41.2 Å². The molecule has 1 fully saturated rings. The number of rotatable bonds is 9. The van der Waals surface area contributed by atoms with Crippen molar-refractivity contribution in [2.75, 3.05) is 7.11 Å². The fraction of sp³-hybridized carbons (Fsp3) is 0.462. The second kappa shape index (κ2) is 10.7. The zero-order chi connectivity index (χ0) is 24.1. The number of nitrogens with zero attached hydrogens (tertiary/aromatic N) is 3. The molecule has 34 heavy (non-hydrogen) atoms. The molecule has 2 aromatic rings. The van der Waals surface area contributed by atoms with Gasteiger partial charge in [0.1, 0.15) is 12.3 Å². The summed E-state index contributed by atoms with van der Waals surface area (Å²) in [5.74, 6) is 1.56. The molecule has 0 aromatic heterocycles. The second-order valence-corrected chi connectivity index (χ2v) is 8.94. The van der Waals surface area contributed by atoms with E-state index in [0.717, 1.165) is 48.1 Å². The lowest BCUT2D eigenvalue weighted by Gasteiger charge is -2.35. The molecule has 0 radical (unpaired) electrons. The van der Waals surface area contributed by atoms with E-state index in [1.165, 1.54) is 25.0 Å². The number of methoxy groups -OCH3 is 1. The summed E-state index contributed by atoms with van der Waals surface area (Å²) in [7, 11) is 1.64. The number of hydrazone groups is 1. The van der Waals surface area contributed by atoms with Crippen molar-refractivity contribution >= 4 is 17.7 Å². The van der Waals surface area contributed by atoms with Gasteiger partial charge >= 0.3 is 0 Å². The van der Waals surface area contributed by atoms with Crippen LogP contribution in [0.25, 0.3) is 0 Å². The van der Waals surface area contributed by atoms with Gasteiger partial charge in [-0.2, -0.15) is 5.10 Å². The van der Waals surface area contributed by atoms with E-state index in [-0.39, 0.29) is 23.8 Å². The number of nitro groups is 1. The molecule has 0 saturated heterocycles. The Kier molecular flexibility index (Phi) is 7.45.